The van der Waals surface area contributed by atoms with Crippen molar-refractivity contribution in [3.05, 3.63) is 264 Å². The van der Waals surface area contributed by atoms with Crippen LogP contribution in [0.1, 0.15) is 47.2 Å². The maximum Gasteiger partial charge on any atom is 0.135 e. The van der Waals surface area contributed by atoms with Crippen LogP contribution in [-0.2, 0) is 10.8 Å². The zero-order valence-corrected chi connectivity index (χ0v) is 37.2. The van der Waals surface area contributed by atoms with E-state index in [-0.39, 0.29) is 5.41 Å². The van der Waals surface area contributed by atoms with E-state index in [0.29, 0.717) is 0 Å². The van der Waals surface area contributed by atoms with E-state index in [2.05, 4.69) is 248 Å². The van der Waals surface area contributed by atoms with Crippen molar-refractivity contribution < 1.29 is 4.42 Å². The average Bonchev–Trinajstić information content (AvgIpc) is 4.07. The average molecular weight is 857 g/mol. The summed E-state index contributed by atoms with van der Waals surface area (Å²) in [5, 5.41) is 2.22. The highest BCUT2D eigenvalue weighted by Crippen LogP contribution is 2.65. The zero-order chi connectivity index (χ0) is 44.4. The van der Waals surface area contributed by atoms with E-state index in [4.69, 9.17) is 4.42 Å². The molecule has 0 amide bonds. The van der Waals surface area contributed by atoms with E-state index in [1.807, 2.05) is 6.07 Å². The topological polar surface area (TPSA) is 19.6 Å². The Morgan fingerprint density at radius 3 is 1.54 bits per heavy atom. The molecule has 0 fully saturated rings. The number of anilines is 6. The molecule has 1 aromatic heterocycles. The van der Waals surface area contributed by atoms with Crippen molar-refractivity contribution in [1.82, 2.24) is 0 Å². The minimum absolute atomic E-state index is 0.130. The van der Waals surface area contributed by atoms with Crippen LogP contribution in [0.25, 0.3) is 55.3 Å². The molecule has 0 saturated heterocycles. The molecule has 14 rings (SSSR count). The summed E-state index contributed by atoms with van der Waals surface area (Å²) in [6, 6.07) is 85.1. The zero-order valence-electron chi connectivity index (χ0n) is 37.2. The van der Waals surface area contributed by atoms with Gasteiger partial charge in [0.05, 0.1) is 11.1 Å². The maximum atomic E-state index is 6.35. The molecule has 0 radical (unpaired) electrons. The van der Waals surface area contributed by atoms with Crippen molar-refractivity contribution in [2.45, 2.75) is 24.7 Å². The van der Waals surface area contributed by atoms with Gasteiger partial charge in [0.15, 0.2) is 0 Å². The Bertz CT molecular complexity index is 3810. The fraction of sp³-hybridized carbons (Fsp3) is 0.0625. The lowest BCUT2D eigenvalue weighted by Crippen LogP contribution is -2.26. The third kappa shape index (κ3) is 5.23. The van der Waals surface area contributed by atoms with Crippen LogP contribution >= 0.6 is 0 Å². The summed E-state index contributed by atoms with van der Waals surface area (Å²) >= 11 is 0. The summed E-state index contributed by atoms with van der Waals surface area (Å²) in [6.45, 7) is 4.73. The van der Waals surface area contributed by atoms with Crippen molar-refractivity contribution in [1.29, 1.82) is 0 Å². The van der Waals surface area contributed by atoms with Gasteiger partial charge in [0.2, 0.25) is 0 Å². The Hall–Kier alpha value is -8.40. The Balaban J connectivity index is 1.01. The predicted molar refractivity (Wildman–Crippen MR) is 277 cm³/mol. The summed E-state index contributed by atoms with van der Waals surface area (Å²) in [5.74, 6) is 0. The Morgan fingerprint density at radius 1 is 0.313 bits per heavy atom. The normalized spacial score (nSPS) is 15.5. The third-order valence-electron chi connectivity index (χ3n) is 15.0. The van der Waals surface area contributed by atoms with Crippen LogP contribution in [0, 0.1) is 0 Å². The predicted octanol–water partition coefficient (Wildman–Crippen LogP) is 17.2. The van der Waals surface area contributed by atoms with Crippen molar-refractivity contribution >= 4 is 56.1 Å². The Morgan fingerprint density at radius 2 is 0.806 bits per heavy atom. The standard InChI is InChI=1S/C64H44N2O/c1-63(2)53-26-13-9-22-46(53)48-35-32-44(39-57(48)63)65(41-18-5-3-6-19-41)45-33-36-49-47-23-10-14-27-54(47)64(58(49)40-45)55-28-15-11-25-51(55)62-56(64)29-17-30-59(62)66(42-20-7-4-8-21-42)43-34-37-61-52(38-43)50-24-12-16-31-60(50)67-61/h3-40H,1-2H3. The van der Waals surface area contributed by atoms with Gasteiger partial charge in [0.25, 0.3) is 0 Å². The van der Waals surface area contributed by atoms with Crippen LogP contribution < -0.4 is 9.80 Å². The summed E-state index contributed by atoms with van der Waals surface area (Å²) in [6.07, 6.45) is 0. The van der Waals surface area contributed by atoms with E-state index in [1.165, 1.54) is 66.8 Å². The molecule has 1 spiro atoms. The summed E-state index contributed by atoms with van der Waals surface area (Å²) < 4.78 is 6.35. The lowest BCUT2D eigenvalue weighted by molar-refractivity contribution is 0.660. The van der Waals surface area contributed by atoms with Gasteiger partial charge < -0.3 is 14.2 Å². The second-order valence-corrected chi connectivity index (χ2v) is 18.8. The van der Waals surface area contributed by atoms with Crippen LogP contribution in [0.3, 0.4) is 0 Å². The smallest absolute Gasteiger partial charge is 0.135 e. The molecule has 0 N–H and O–H groups in total. The molecule has 11 aromatic rings. The molecular formula is C64H44N2O. The van der Waals surface area contributed by atoms with Crippen LogP contribution in [0.15, 0.2) is 235 Å². The van der Waals surface area contributed by atoms with E-state index in [0.717, 1.165) is 56.1 Å². The van der Waals surface area contributed by atoms with Gasteiger partial charge in [-0.3, -0.25) is 0 Å². The first kappa shape index (κ1) is 37.9. The molecule has 0 saturated carbocycles. The number of fused-ring (bicyclic) bond motifs is 16. The van der Waals surface area contributed by atoms with Crippen LogP contribution in [0.2, 0.25) is 0 Å². The van der Waals surface area contributed by atoms with Crippen molar-refractivity contribution in [2.24, 2.45) is 0 Å². The Kier molecular flexibility index (Phi) is 7.95. The van der Waals surface area contributed by atoms with Crippen LogP contribution in [0.5, 0.6) is 0 Å². The SMILES string of the molecule is CC1(C)c2ccccc2-c2ccc(N(c3ccccc3)c3ccc4c(c3)C3(c5ccccc5-4)c4ccccc4-c4c(N(c5ccccc5)c5ccc6oc7ccccc7c6c5)cccc43)cc21. The molecule has 1 unspecified atom stereocenters. The molecule has 3 nitrogen and oxygen atoms in total. The first-order chi connectivity index (χ1) is 33.0. The molecule has 3 aliphatic carbocycles. The number of rotatable bonds is 6. The van der Waals surface area contributed by atoms with Crippen LogP contribution in [0.4, 0.5) is 34.1 Å². The summed E-state index contributed by atoms with van der Waals surface area (Å²) in [5.41, 5.74) is 23.4. The molecular weight excluding hydrogens is 813 g/mol. The first-order valence-corrected chi connectivity index (χ1v) is 23.3. The summed E-state index contributed by atoms with van der Waals surface area (Å²) in [4.78, 5) is 4.90. The minimum atomic E-state index is -0.582. The van der Waals surface area contributed by atoms with Crippen molar-refractivity contribution in [2.75, 3.05) is 9.80 Å². The molecule has 0 aliphatic heterocycles. The van der Waals surface area contributed by atoms with Gasteiger partial charge in [-0.15, -0.1) is 0 Å². The van der Waals surface area contributed by atoms with Crippen LogP contribution in [-0.4, -0.2) is 0 Å². The monoisotopic (exact) mass is 856 g/mol. The molecule has 1 heterocycles. The van der Waals surface area contributed by atoms with Gasteiger partial charge in [-0.1, -0.05) is 166 Å². The largest absolute Gasteiger partial charge is 0.456 e. The number of para-hydroxylation sites is 3. The summed E-state index contributed by atoms with van der Waals surface area (Å²) in [7, 11) is 0. The van der Waals surface area contributed by atoms with Gasteiger partial charge in [0, 0.05) is 50.2 Å². The quantitative estimate of drug-likeness (QED) is 0.166. The second-order valence-electron chi connectivity index (χ2n) is 18.8. The van der Waals surface area contributed by atoms with Gasteiger partial charge >= 0.3 is 0 Å². The lowest BCUT2D eigenvalue weighted by Gasteiger charge is -2.33. The molecule has 3 heteroatoms. The molecule has 67 heavy (non-hydrogen) atoms. The van der Waals surface area contributed by atoms with Crippen molar-refractivity contribution in [3.8, 4) is 33.4 Å². The third-order valence-corrected chi connectivity index (χ3v) is 15.0. The fourth-order valence-corrected chi connectivity index (χ4v) is 12.2. The maximum absolute atomic E-state index is 6.35. The van der Waals surface area contributed by atoms with Gasteiger partial charge in [0.1, 0.15) is 11.2 Å². The molecule has 3 aliphatic rings. The number of benzene rings is 10. The van der Waals surface area contributed by atoms with Gasteiger partial charge in [-0.05, 0) is 140 Å². The number of hydrogen-bond acceptors (Lipinski definition) is 3. The highest BCUT2D eigenvalue weighted by atomic mass is 16.3. The lowest BCUT2D eigenvalue weighted by atomic mass is 9.70. The number of nitrogens with zero attached hydrogens (tertiary/aromatic N) is 2. The number of hydrogen-bond donors (Lipinski definition) is 0. The molecule has 0 bridgehead atoms. The highest BCUT2D eigenvalue weighted by Gasteiger charge is 2.53. The highest BCUT2D eigenvalue weighted by molar-refractivity contribution is 6.08. The van der Waals surface area contributed by atoms with Gasteiger partial charge in [-0.2, -0.15) is 0 Å². The van der Waals surface area contributed by atoms with E-state index in [9.17, 15) is 0 Å². The van der Waals surface area contributed by atoms with Crippen molar-refractivity contribution in [3.63, 3.8) is 0 Å². The fourth-order valence-electron chi connectivity index (χ4n) is 12.2. The number of furan rings is 1. The second kappa shape index (κ2) is 14.1. The van der Waals surface area contributed by atoms with E-state index >= 15 is 0 Å². The van der Waals surface area contributed by atoms with E-state index < -0.39 is 5.41 Å². The Labute approximate surface area is 390 Å². The molecule has 10 aromatic carbocycles. The molecule has 1 atom stereocenters. The molecule has 316 valence electrons. The minimum Gasteiger partial charge on any atom is -0.456 e. The van der Waals surface area contributed by atoms with Gasteiger partial charge in [-0.25, -0.2) is 0 Å². The first-order valence-electron chi connectivity index (χ1n) is 23.3. The van der Waals surface area contributed by atoms with E-state index in [1.54, 1.807) is 0 Å².